The number of hydrogen-bond donors (Lipinski definition) is 2. The van der Waals surface area contributed by atoms with Crippen molar-refractivity contribution in [3.05, 3.63) is 22.8 Å². The van der Waals surface area contributed by atoms with Crippen LogP contribution >= 0.6 is 0 Å². The van der Waals surface area contributed by atoms with Gasteiger partial charge in [0.25, 0.3) is 0 Å². The number of allylic oxidation sites excluding steroid dienone is 1. The summed E-state index contributed by atoms with van der Waals surface area (Å²) in [7, 11) is 0. The lowest BCUT2D eigenvalue weighted by Gasteiger charge is -2.58. The molecule has 0 heterocycles. The number of rotatable bonds is 5. The van der Waals surface area contributed by atoms with E-state index in [0.29, 0.717) is 47.0 Å². The van der Waals surface area contributed by atoms with Crippen LogP contribution in [-0.4, -0.2) is 33.8 Å². The molecule has 33 heavy (non-hydrogen) atoms. The van der Waals surface area contributed by atoms with Crippen molar-refractivity contribution in [1.82, 2.24) is 0 Å². The van der Waals surface area contributed by atoms with E-state index in [0.717, 1.165) is 44.1 Å². The quantitative estimate of drug-likeness (QED) is 0.440. The molecular weight excluding hydrogens is 412 g/mol. The monoisotopic (exact) mass is 454 g/mol. The van der Waals surface area contributed by atoms with Gasteiger partial charge >= 0.3 is 0 Å². The number of aliphatic hydroxyl groups is 2. The first-order chi connectivity index (χ1) is 15.5. The van der Waals surface area contributed by atoms with Crippen molar-refractivity contribution < 1.29 is 19.8 Å². The van der Waals surface area contributed by atoms with E-state index in [-0.39, 0.29) is 5.57 Å². The average molecular weight is 455 g/mol. The first-order valence-electron chi connectivity index (χ1n) is 13.1. The molecule has 8 atom stereocenters. The Morgan fingerprint density at radius 1 is 1.15 bits per heavy atom. The molecule has 4 heteroatoms. The zero-order chi connectivity index (χ0) is 24.2. The molecule has 2 N–H and O–H groups in total. The van der Waals surface area contributed by atoms with Crippen LogP contribution < -0.4 is 0 Å². The summed E-state index contributed by atoms with van der Waals surface area (Å²) in [6, 6.07) is 0. The molecule has 4 nitrogen and oxygen atoms in total. The average Bonchev–Trinajstić information content (AvgIpc) is 3.09. The van der Waals surface area contributed by atoms with Gasteiger partial charge in [0.15, 0.2) is 0 Å². The molecular formula is C29H42O4. The minimum atomic E-state index is -0.940. The van der Waals surface area contributed by atoms with Crippen molar-refractivity contribution in [3.63, 3.8) is 0 Å². The molecule has 0 unspecified atom stereocenters. The smallest absolute Gasteiger partial charge is 0.131 e. The zero-order valence-corrected chi connectivity index (χ0v) is 21.1. The van der Waals surface area contributed by atoms with Crippen LogP contribution in [-0.2, 0) is 9.59 Å². The molecule has 182 valence electrons. The van der Waals surface area contributed by atoms with Gasteiger partial charge in [0.2, 0.25) is 0 Å². The lowest BCUT2D eigenvalue weighted by Crippen LogP contribution is -2.52. The van der Waals surface area contributed by atoms with Gasteiger partial charge in [0, 0.05) is 11.8 Å². The molecule has 0 radical (unpaired) electrons. The fraction of sp³-hybridized carbons (Fsp3) is 0.793. The van der Waals surface area contributed by atoms with E-state index in [1.807, 2.05) is 19.8 Å². The van der Waals surface area contributed by atoms with Gasteiger partial charge in [0.1, 0.15) is 11.9 Å². The summed E-state index contributed by atoms with van der Waals surface area (Å²) in [5.74, 6) is 6.74. The van der Waals surface area contributed by atoms with Crippen LogP contribution in [0.15, 0.2) is 22.8 Å². The third-order valence-corrected chi connectivity index (χ3v) is 10.4. The van der Waals surface area contributed by atoms with E-state index in [1.165, 1.54) is 12.8 Å². The molecule has 0 amide bonds. The molecule has 4 aliphatic rings. The predicted octanol–water partition coefficient (Wildman–Crippen LogP) is 5.24. The van der Waals surface area contributed by atoms with Gasteiger partial charge in [0.05, 0.1) is 22.9 Å². The molecule has 4 aliphatic carbocycles. The fourth-order valence-electron chi connectivity index (χ4n) is 8.77. The van der Waals surface area contributed by atoms with E-state index in [4.69, 9.17) is 0 Å². The Bertz CT molecular complexity index is 912. The summed E-state index contributed by atoms with van der Waals surface area (Å²) in [4.78, 5) is 23.8. The Balaban J connectivity index is 1.58. The van der Waals surface area contributed by atoms with Gasteiger partial charge in [-0.15, -0.1) is 0 Å². The summed E-state index contributed by atoms with van der Waals surface area (Å²) < 4.78 is 0. The summed E-state index contributed by atoms with van der Waals surface area (Å²) in [5.41, 5.74) is 0.812. The van der Waals surface area contributed by atoms with Crippen LogP contribution in [0.1, 0.15) is 92.4 Å². The molecule has 0 aromatic heterocycles. The van der Waals surface area contributed by atoms with Crippen molar-refractivity contribution in [1.29, 1.82) is 0 Å². The maximum Gasteiger partial charge on any atom is 0.131 e. The van der Waals surface area contributed by atoms with Crippen molar-refractivity contribution in [2.45, 2.75) is 104 Å². The Morgan fingerprint density at radius 2 is 1.88 bits per heavy atom. The second kappa shape index (κ2) is 8.65. The van der Waals surface area contributed by atoms with Gasteiger partial charge in [-0.1, -0.05) is 45.3 Å². The highest BCUT2D eigenvalue weighted by Crippen LogP contribution is 2.68. The Kier molecular flexibility index (Phi) is 6.47. The van der Waals surface area contributed by atoms with E-state index in [2.05, 4.69) is 32.8 Å². The van der Waals surface area contributed by atoms with Crippen molar-refractivity contribution >= 4 is 11.9 Å². The van der Waals surface area contributed by atoms with E-state index in [9.17, 15) is 19.8 Å². The molecule has 0 aromatic carbocycles. The summed E-state index contributed by atoms with van der Waals surface area (Å²) in [6.45, 7) is 10.8. The Morgan fingerprint density at radius 3 is 2.52 bits per heavy atom. The highest BCUT2D eigenvalue weighted by atomic mass is 16.3. The van der Waals surface area contributed by atoms with Gasteiger partial charge in [-0.2, -0.15) is 0 Å². The van der Waals surface area contributed by atoms with E-state index < -0.39 is 17.1 Å². The Labute approximate surface area is 199 Å². The number of hydrogen-bond acceptors (Lipinski definition) is 4. The second-order valence-electron chi connectivity index (χ2n) is 12.7. The Hall–Kier alpha value is -1.44. The predicted molar refractivity (Wildman–Crippen MR) is 130 cm³/mol. The maximum atomic E-state index is 12.1. The zero-order valence-electron chi connectivity index (χ0n) is 21.1. The minimum absolute atomic E-state index is 0.128. The van der Waals surface area contributed by atoms with Crippen LogP contribution in [0.25, 0.3) is 0 Å². The lowest BCUT2D eigenvalue weighted by atomic mass is 9.45. The third kappa shape index (κ3) is 3.94. The highest BCUT2D eigenvalue weighted by molar-refractivity contribution is 5.77. The van der Waals surface area contributed by atoms with Crippen LogP contribution in [0.5, 0.6) is 0 Å². The van der Waals surface area contributed by atoms with Crippen LogP contribution in [0.4, 0.5) is 0 Å². The number of aliphatic hydroxyl groups excluding tert-OH is 1. The van der Waals surface area contributed by atoms with E-state index >= 15 is 0 Å². The fourth-order valence-corrected chi connectivity index (χ4v) is 8.77. The van der Waals surface area contributed by atoms with Crippen molar-refractivity contribution in [3.8, 4) is 0 Å². The first-order valence-corrected chi connectivity index (χ1v) is 13.1. The molecule has 0 saturated heterocycles. The van der Waals surface area contributed by atoms with Gasteiger partial charge < -0.3 is 10.2 Å². The van der Waals surface area contributed by atoms with Crippen molar-refractivity contribution in [2.24, 2.45) is 40.4 Å². The second-order valence-corrected chi connectivity index (χ2v) is 12.7. The van der Waals surface area contributed by atoms with Gasteiger partial charge in [-0.25, -0.2) is 9.59 Å². The first kappa shape index (κ1) is 24.7. The third-order valence-electron chi connectivity index (χ3n) is 10.4. The van der Waals surface area contributed by atoms with Crippen LogP contribution in [0, 0.1) is 40.4 Å². The lowest BCUT2D eigenvalue weighted by molar-refractivity contribution is -0.0389. The van der Waals surface area contributed by atoms with E-state index in [1.54, 1.807) is 0 Å². The topological polar surface area (TPSA) is 74.6 Å². The molecule has 0 aliphatic heterocycles. The molecule has 3 saturated carbocycles. The summed E-state index contributed by atoms with van der Waals surface area (Å²) >= 11 is 0. The standard InChI is InChI=1S/C29H42O4/c1-18(7-6-13-27(2,3)33)22-10-11-23-20-9-8-19-15-26(32)21(16-30)25(17-31)29(19,5)24(20)12-14-28(22,23)4/h8,18,20,22-24,26,32-33H,6-7,9-15H2,1-5H3/t18-,20+,22-,23+,24+,26+,28-,29+/m1/s1. The highest BCUT2D eigenvalue weighted by Gasteiger charge is 2.61. The molecule has 4 rings (SSSR count). The minimum Gasteiger partial charge on any atom is -0.390 e. The molecule has 0 bridgehead atoms. The molecule has 3 fully saturated rings. The summed E-state index contributed by atoms with van der Waals surface area (Å²) in [5, 5.41) is 20.6. The number of carbonyl (C=O) groups excluding carboxylic acids is 2. The SMILES string of the molecule is C[C@H](CCCC(C)(C)O)[C@H]1CC[C@H]2[C@@H]3CC=C4C[C@H](O)C(=C=O)C(=C=O)[C@]4(C)[C@H]3CC[C@]12C. The van der Waals surface area contributed by atoms with Crippen molar-refractivity contribution in [2.75, 3.05) is 0 Å². The largest absolute Gasteiger partial charge is 0.390 e. The van der Waals surface area contributed by atoms with Gasteiger partial charge in [-0.3, -0.25) is 0 Å². The maximum absolute atomic E-state index is 12.1. The summed E-state index contributed by atoms with van der Waals surface area (Å²) in [6.07, 6.45) is 10.5. The number of fused-ring (bicyclic) bond motifs is 5. The normalized spacial score (nSPS) is 41.3. The van der Waals surface area contributed by atoms with Gasteiger partial charge in [-0.05, 0) is 87.4 Å². The van der Waals surface area contributed by atoms with Crippen LogP contribution in [0.2, 0.25) is 0 Å². The molecule has 0 aromatic rings. The van der Waals surface area contributed by atoms with Crippen LogP contribution in [0.3, 0.4) is 0 Å². The molecule has 0 spiro atoms.